The standard InChI is InChI=1S/C31H27FN4O5/c1-18(2)36-17-23(20-6-8-21(32)9-7-20)31(38)30(35-36)25(37)13-19-5-10-29(34-16-19)41-26-11-12-33-24-15-28(40-4)27(39-3)14-22(24)26/h5-12,14-18H,13H2,1-4H3. The zero-order valence-electron chi connectivity index (χ0n) is 22.9. The summed E-state index contributed by atoms with van der Waals surface area (Å²) in [6.07, 6.45) is 4.63. The van der Waals surface area contributed by atoms with Crippen LogP contribution < -0.4 is 19.6 Å². The fraction of sp³-hybridized carbons (Fsp3) is 0.194. The molecule has 0 N–H and O–H groups in total. The molecule has 5 rings (SSSR count). The van der Waals surface area contributed by atoms with Gasteiger partial charge in [0.05, 0.1) is 19.7 Å². The smallest absolute Gasteiger partial charge is 0.219 e. The van der Waals surface area contributed by atoms with Crippen molar-refractivity contribution in [3.63, 3.8) is 0 Å². The molecule has 41 heavy (non-hydrogen) atoms. The van der Waals surface area contributed by atoms with Gasteiger partial charge in [-0.2, -0.15) is 5.10 Å². The van der Waals surface area contributed by atoms with Gasteiger partial charge in [0.15, 0.2) is 23.0 Å². The minimum atomic E-state index is -0.511. The number of ether oxygens (including phenoxy) is 3. The van der Waals surface area contributed by atoms with Crippen LogP contribution in [0.4, 0.5) is 4.39 Å². The molecule has 0 amide bonds. The van der Waals surface area contributed by atoms with E-state index in [1.165, 1.54) is 30.5 Å². The molecular weight excluding hydrogens is 527 g/mol. The van der Waals surface area contributed by atoms with E-state index in [-0.39, 0.29) is 23.7 Å². The van der Waals surface area contributed by atoms with Gasteiger partial charge in [-0.25, -0.2) is 9.37 Å². The van der Waals surface area contributed by atoms with Crippen LogP contribution in [0.3, 0.4) is 0 Å². The summed E-state index contributed by atoms with van der Waals surface area (Å²) in [5, 5.41) is 5.02. The number of carbonyl (C=O) groups excluding carboxylic acids is 1. The maximum absolute atomic E-state index is 13.5. The van der Waals surface area contributed by atoms with Crippen LogP contribution in [0, 0.1) is 5.82 Å². The third-order valence-electron chi connectivity index (χ3n) is 6.47. The summed E-state index contributed by atoms with van der Waals surface area (Å²) >= 11 is 0. The summed E-state index contributed by atoms with van der Waals surface area (Å²) in [5.41, 5.74) is 1.32. The topological polar surface area (TPSA) is 105 Å². The second-order valence-corrected chi connectivity index (χ2v) is 9.54. The van der Waals surface area contributed by atoms with Crippen molar-refractivity contribution in [3.05, 3.63) is 100 Å². The molecule has 0 unspecified atom stereocenters. The number of aromatic nitrogens is 4. The second kappa shape index (κ2) is 11.5. The van der Waals surface area contributed by atoms with Crippen LogP contribution in [0.15, 0.2) is 78.0 Å². The Morgan fingerprint density at radius 2 is 1.68 bits per heavy atom. The quantitative estimate of drug-likeness (QED) is 0.210. The van der Waals surface area contributed by atoms with E-state index >= 15 is 0 Å². The molecule has 208 valence electrons. The molecule has 3 aromatic heterocycles. The molecule has 0 fully saturated rings. The van der Waals surface area contributed by atoms with E-state index in [1.807, 2.05) is 13.8 Å². The van der Waals surface area contributed by atoms with E-state index in [2.05, 4.69) is 15.1 Å². The number of hydrogen-bond acceptors (Lipinski definition) is 8. The van der Waals surface area contributed by atoms with Gasteiger partial charge in [-0.1, -0.05) is 18.2 Å². The SMILES string of the molecule is COc1cc2nccc(Oc3ccc(CC(=O)c4nn(C(C)C)cc(-c5ccc(F)cc5)c4=O)cn3)c2cc1OC. The van der Waals surface area contributed by atoms with E-state index in [4.69, 9.17) is 14.2 Å². The first kappa shape index (κ1) is 27.4. The lowest BCUT2D eigenvalue weighted by Gasteiger charge is -2.14. The molecule has 0 aliphatic rings. The second-order valence-electron chi connectivity index (χ2n) is 9.54. The number of pyridine rings is 2. The molecule has 10 heteroatoms. The van der Waals surface area contributed by atoms with Crippen molar-refractivity contribution in [2.24, 2.45) is 0 Å². The zero-order valence-corrected chi connectivity index (χ0v) is 22.9. The molecule has 2 aromatic carbocycles. The first-order valence-corrected chi connectivity index (χ1v) is 12.8. The van der Waals surface area contributed by atoms with Crippen molar-refractivity contribution in [2.75, 3.05) is 14.2 Å². The molecule has 0 radical (unpaired) electrons. The summed E-state index contributed by atoms with van der Waals surface area (Å²) in [7, 11) is 3.10. The van der Waals surface area contributed by atoms with E-state index in [0.717, 1.165) is 0 Å². The van der Waals surface area contributed by atoms with Crippen LogP contribution in [0.5, 0.6) is 23.1 Å². The average molecular weight is 555 g/mol. The number of hydrogen-bond donors (Lipinski definition) is 0. The number of benzene rings is 2. The number of Topliss-reactive ketones (excluding diaryl/α,β-unsaturated/α-hetero) is 1. The minimum Gasteiger partial charge on any atom is -0.493 e. The normalized spacial score (nSPS) is 11.1. The summed E-state index contributed by atoms with van der Waals surface area (Å²) in [4.78, 5) is 35.3. The predicted molar refractivity (Wildman–Crippen MR) is 151 cm³/mol. The molecule has 9 nitrogen and oxygen atoms in total. The van der Waals surface area contributed by atoms with Crippen molar-refractivity contribution in [3.8, 4) is 34.3 Å². The number of halogens is 1. The highest BCUT2D eigenvalue weighted by molar-refractivity contribution is 5.96. The average Bonchev–Trinajstić information content (AvgIpc) is 2.98. The lowest BCUT2D eigenvalue weighted by Crippen LogP contribution is -2.25. The summed E-state index contributed by atoms with van der Waals surface area (Å²) < 4.78 is 31.8. The third kappa shape index (κ3) is 5.76. The molecule has 0 bridgehead atoms. The third-order valence-corrected chi connectivity index (χ3v) is 6.47. The maximum atomic E-state index is 13.5. The minimum absolute atomic E-state index is 0.0876. The van der Waals surface area contributed by atoms with Gasteiger partial charge in [-0.05, 0) is 49.2 Å². The Hall–Kier alpha value is -5.12. The number of nitrogens with zero attached hydrogens (tertiary/aromatic N) is 4. The number of rotatable bonds is 9. The zero-order chi connectivity index (χ0) is 29.1. The first-order valence-electron chi connectivity index (χ1n) is 12.8. The van der Waals surface area contributed by atoms with Gasteiger partial charge in [-0.15, -0.1) is 0 Å². The van der Waals surface area contributed by atoms with Crippen LogP contribution in [0.1, 0.15) is 35.9 Å². The molecule has 0 aliphatic carbocycles. The Kier molecular flexibility index (Phi) is 7.73. The van der Waals surface area contributed by atoms with Gasteiger partial charge in [0, 0.05) is 54.1 Å². The summed E-state index contributed by atoms with van der Waals surface area (Å²) in [6, 6.07) is 14.1. The van der Waals surface area contributed by atoms with Gasteiger partial charge in [0.2, 0.25) is 11.3 Å². The predicted octanol–water partition coefficient (Wildman–Crippen LogP) is 5.81. The Bertz CT molecular complexity index is 1780. The Morgan fingerprint density at radius 1 is 0.951 bits per heavy atom. The van der Waals surface area contributed by atoms with Crippen molar-refractivity contribution < 1.29 is 23.4 Å². The van der Waals surface area contributed by atoms with Crippen molar-refractivity contribution >= 4 is 16.7 Å². The van der Waals surface area contributed by atoms with Crippen LogP contribution >= 0.6 is 0 Å². The number of fused-ring (bicyclic) bond motifs is 1. The number of carbonyl (C=O) groups is 1. The molecule has 0 spiro atoms. The van der Waals surface area contributed by atoms with Gasteiger partial charge in [-0.3, -0.25) is 19.3 Å². The van der Waals surface area contributed by atoms with Gasteiger partial charge < -0.3 is 14.2 Å². The van der Waals surface area contributed by atoms with Crippen molar-refractivity contribution in [1.82, 2.24) is 19.7 Å². The molecule has 0 saturated carbocycles. The molecule has 3 heterocycles. The number of methoxy groups -OCH3 is 2. The molecular formula is C31H27FN4O5. The van der Waals surface area contributed by atoms with E-state index < -0.39 is 17.0 Å². The number of ketones is 1. The molecule has 0 atom stereocenters. The van der Waals surface area contributed by atoms with Crippen molar-refractivity contribution in [1.29, 1.82) is 0 Å². The fourth-order valence-corrected chi connectivity index (χ4v) is 4.28. The van der Waals surface area contributed by atoms with Gasteiger partial charge >= 0.3 is 0 Å². The lowest BCUT2D eigenvalue weighted by molar-refractivity contribution is 0.0984. The summed E-state index contributed by atoms with van der Waals surface area (Å²) in [5.74, 6) is 1.04. The highest BCUT2D eigenvalue weighted by Crippen LogP contribution is 2.36. The molecule has 5 aromatic rings. The Morgan fingerprint density at radius 3 is 2.34 bits per heavy atom. The lowest BCUT2D eigenvalue weighted by atomic mass is 10.0. The molecule has 0 saturated heterocycles. The van der Waals surface area contributed by atoms with E-state index in [9.17, 15) is 14.0 Å². The van der Waals surface area contributed by atoms with Crippen LogP contribution in [0.25, 0.3) is 22.0 Å². The Labute approximate surface area is 235 Å². The van der Waals surface area contributed by atoms with Crippen LogP contribution in [0.2, 0.25) is 0 Å². The Balaban J connectivity index is 1.39. The van der Waals surface area contributed by atoms with Crippen LogP contribution in [-0.2, 0) is 6.42 Å². The highest BCUT2D eigenvalue weighted by Gasteiger charge is 2.20. The summed E-state index contributed by atoms with van der Waals surface area (Å²) in [6.45, 7) is 3.78. The van der Waals surface area contributed by atoms with Gasteiger partial charge in [0.1, 0.15) is 11.6 Å². The van der Waals surface area contributed by atoms with E-state index in [1.54, 1.807) is 61.6 Å². The largest absolute Gasteiger partial charge is 0.493 e. The maximum Gasteiger partial charge on any atom is 0.219 e. The van der Waals surface area contributed by atoms with E-state index in [0.29, 0.717) is 45.2 Å². The van der Waals surface area contributed by atoms with Crippen LogP contribution in [-0.4, -0.2) is 39.8 Å². The fourth-order valence-electron chi connectivity index (χ4n) is 4.28. The highest BCUT2D eigenvalue weighted by atomic mass is 19.1. The monoisotopic (exact) mass is 554 g/mol. The van der Waals surface area contributed by atoms with Crippen molar-refractivity contribution in [2.45, 2.75) is 26.3 Å². The van der Waals surface area contributed by atoms with Gasteiger partial charge in [0.25, 0.3) is 0 Å². The molecule has 0 aliphatic heterocycles. The first-order chi connectivity index (χ1) is 19.8.